The fraction of sp³-hybridized carbons (Fsp3) is 0.455. The Bertz CT molecular complexity index is 322. The first-order valence-electron chi connectivity index (χ1n) is 4.66. The summed E-state index contributed by atoms with van der Waals surface area (Å²) in [7, 11) is 0. The quantitative estimate of drug-likeness (QED) is 0.722. The number of epoxide rings is 1. The van der Waals surface area contributed by atoms with E-state index >= 15 is 0 Å². The van der Waals surface area contributed by atoms with E-state index in [-0.39, 0.29) is 0 Å². The molecule has 1 heterocycles. The van der Waals surface area contributed by atoms with Gasteiger partial charge in [0.15, 0.2) is 0 Å². The molecular weight excluding hydrogens is 228 g/mol. The minimum Gasteiger partial charge on any atom is -0.365 e. The van der Waals surface area contributed by atoms with E-state index in [1.165, 1.54) is 11.1 Å². The molecule has 0 amide bonds. The zero-order chi connectivity index (χ0) is 9.42. The van der Waals surface area contributed by atoms with Gasteiger partial charge in [-0.3, -0.25) is 0 Å². The summed E-state index contributed by atoms with van der Waals surface area (Å²) < 4.78 is 6.62. The lowest BCUT2D eigenvalue weighted by atomic mass is 10.0. The first-order chi connectivity index (χ1) is 6.22. The van der Waals surface area contributed by atoms with Gasteiger partial charge in [0, 0.05) is 4.47 Å². The number of hydrogen-bond donors (Lipinski definition) is 0. The van der Waals surface area contributed by atoms with Crippen LogP contribution in [0.25, 0.3) is 0 Å². The van der Waals surface area contributed by atoms with Gasteiger partial charge in [-0.1, -0.05) is 28.9 Å². The van der Waals surface area contributed by atoms with Gasteiger partial charge in [-0.15, -0.1) is 0 Å². The second-order valence-corrected chi connectivity index (χ2v) is 4.37. The maximum Gasteiger partial charge on any atom is 0.109 e. The Morgan fingerprint density at radius 2 is 2.15 bits per heavy atom. The van der Waals surface area contributed by atoms with Gasteiger partial charge in [0.25, 0.3) is 0 Å². The summed E-state index contributed by atoms with van der Waals surface area (Å²) in [5.41, 5.74) is 2.75. The van der Waals surface area contributed by atoms with Crippen molar-refractivity contribution in [2.45, 2.75) is 32.5 Å². The van der Waals surface area contributed by atoms with Gasteiger partial charge in [-0.05, 0) is 36.6 Å². The second-order valence-electron chi connectivity index (χ2n) is 3.46. The van der Waals surface area contributed by atoms with Crippen LogP contribution in [0.15, 0.2) is 22.7 Å². The van der Waals surface area contributed by atoms with E-state index in [1.54, 1.807) is 0 Å². The molecular formula is C11H13BrO. The van der Waals surface area contributed by atoms with E-state index in [4.69, 9.17) is 4.74 Å². The molecule has 1 aliphatic heterocycles. The van der Waals surface area contributed by atoms with Gasteiger partial charge in [-0.2, -0.15) is 0 Å². The third-order valence-electron chi connectivity index (χ3n) is 2.51. The summed E-state index contributed by atoms with van der Waals surface area (Å²) in [5, 5.41) is 0. The van der Waals surface area contributed by atoms with Crippen molar-refractivity contribution < 1.29 is 4.74 Å². The van der Waals surface area contributed by atoms with Crippen LogP contribution in [0.3, 0.4) is 0 Å². The van der Waals surface area contributed by atoms with E-state index in [1.807, 2.05) is 0 Å². The van der Waals surface area contributed by atoms with Gasteiger partial charge in [0.2, 0.25) is 0 Å². The molecule has 0 spiro atoms. The molecule has 2 rings (SSSR count). The molecule has 1 nitrogen and oxygen atoms in total. The van der Waals surface area contributed by atoms with Gasteiger partial charge < -0.3 is 4.74 Å². The van der Waals surface area contributed by atoms with Gasteiger partial charge in [0.05, 0.1) is 6.10 Å². The monoisotopic (exact) mass is 240 g/mol. The average molecular weight is 241 g/mol. The average Bonchev–Trinajstić information content (AvgIpc) is 2.82. The zero-order valence-corrected chi connectivity index (χ0v) is 9.47. The van der Waals surface area contributed by atoms with Crippen LogP contribution in [0.1, 0.15) is 31.1 Å². The number of rotatable bonds is 2. The maximum atomic E-state index is 5.48. The van der Waals surface area contributed by atoms with Crippen LogP contribution >= 0.6 is 15.9 Å². The number of halogens is 1. The van der Waals surface area contributed by atoms with Crippen LogP contribution in [-0.4, -0.2) is 6.10 Å². The van der Waals surface area contributed by atoms with Crippen LogP contribution in [0, 0.1) is 0 Å². The van der Waals surface area contributed by atoms with E-state index in [0.29, 0.717) is 12.2 Å². The van der Waals surface area contributed by atoms with Crippen LogP contribution in [0.5, 0.6) is 0 Å². The molecule has 1 saturated heterocycles. The highest BCUT2D eigenvalue weighted by Crippen LogP contribution is 2.40. The van der Waals surface area contributed by atoms with E-state index in [0.717, 1.165) is 10.9 Å². The first-order valence-corrected chi connectivity index (χ1v) is 5.45. The highest BCUT2D eigenvalue weighted by molar-refractivity contribution is 9.10. The van der Waals surface area contributed by atoms with Crippen molar-refractivity contribution in [2.24, 2.45) is 0 Å². The van der Waals surface area contributed by atoms with Gasteiger partial charge in [-0.25, -0.2) is 0 Å². The molecule has 70 valence electrons. The summed E-state index contributed by atoms with van der Waals surface area (Å²) >= 11 is 3.49. The Hall–Kier alpha value is -0.340. The molecule has 1 aromatic carbocycles. The van der Waals surface area contributed by atoms with E-state index < -0.39 is 0 Å². The molecule has 0 N–H and O–H groups in total. The minimum absolute atomic E-state index is 0.340. The Morgan fingerprint density at radius 3 is 2.69 bits per heavy atom. The third-order valence-corrected chi connectivity index (χ3v) is 3.00. The standard InChI is InChI=1S/C11H13BrO/c1-3-8-4-5-9(12)6-10(8)11-7(2)13-11/h4-7,11H,3H2,1-2H3. The molecule has 2 heteroatoms. The number of aryl methyl sites for hydroxylation is 1. The van der Waals surface area contributed by atoms with E-state index in [9.17, 15) is 0 Å². The Balaban J connectivity index is 2.35. The lowest BCUT2D eigenvalue weighted by molar-refractivity contribution is 0.382. The lowest BCUT2D eigenvalue weighted by Crippen LogP contribution is -1.92. The zero-order valence-electron chi connectivity index (χ0n) is 7.88. The number of hydrogen-bond acceptors (Lipinski definition) is 1. The summed E-state index contributed by atoms with van der Waals surface area (Å²) in [6.45, 7) is 4.30. The highest BCUT2D eigenvalue weighted by Gasteiger charge is 2.36. The molecule has 13 heavy (non-hydrogen) atoms. The van der Waals surface area contributed by atoms with Crippen molar-refractivity contribution in [3.63, 3.8) is 0 Å². The van der Waals surface area contributed by atoms with Crippen molar-refractivity contribution in [3.8, 4) is 0 Å². The van der Waals surface area contributed by atoms with E-state index in [2.05, 4.69) is 48.0 Å². The topological polar surface area (TPSA) is 12.5 Å². The Morgan fingerprint density at radius 1 is 1.46 bits per heavy atom. The Labute approximate surface area is 87.2 Å². The largest absolute Gasteiger partial charge is 0.365 e. The summed E-state index contributed by atoms with van der Waals surface area (Å²) in [6, 6.07) is 6.44. The summed E-state index contributed by atoms with van der Waals surface area (Å²) in [5.74, 6) is 0. The molecule has 0 aliphatic carbocycles. The normalized spacial score (nSPS) is 26.1. The molecule has 0 aromatic heterocycles. The van der Waals surface area contributed by atoms with Gasteiger partial charge in [0.1, 0.15) is 6.10 Å². The van der Waals surface area contributed by atoms with Crippen molar-refractivity contribution >= 4 is 15.9 Å². The van der Waals surface area contributed by atoms with Crippen LogP contribution < -0.4 is 0 Å². The second kappa shape index (κ2) is 3.43. The van der Waals surface area contributed by atoms with Crippen molar-refractivity contribution in [1.29, 1.82) is 0 Å². The summed E-state index contributed by atoms with van der Waals surface area (Å²) in [6.07, 6.45) is 1.82. The molecule has 1 fully saturated rings. The van der Waals surface area contributed by atoms with Crippen LogP contribution in [-0.2, 0) is 11.2 Å². The number of ether oxygens (including phenoxy) is 1. The Kier molecular flexibility index (Phi) is 2.43. The molecule has 2 unspecified atom stereocenters. The predicted octanol–water partition coefficient (Wildman–Crippen LogP) is 3.47. The molecule has 1 aliphatic rings. The third kappa shape index (κ3) is 1.79. The lowest BCUT2D eigenvalue weighted by Gasteiger charge is -2.05. The maximum absolute atomic E-state index is 5.48. The molecule has 1 aromatic rings. The molecule has 0 radical (unpaired) electrons. The SMILES string of the molecule is CCc1ccc(Br)cc1C1OC1C. The fourth-order valence-corrected chi connectivity index (χ4v) is 2.04. The van der Waals surface area contributed by atoms with Gasteiger partial charge >= 0.3 is 0 Å². The van der Waals surface area contributed by atoms with Crippen molar-refractivity contribution in [3.05, 3.63) is 33.8 Å². The number of benzene rings is 1. The first kappa shape index (κ1) is 9.22. The van der Waals surface area contributed by atoms with Crippen molar-refractivity contribution in [2.75, 3.05) is 0 Å². The predicted molar refractivity (Wildman–Crippen MR) is 56.8 cm³/mol. The fourth-order valence-electron chi connectivity index (χ4n) is 1.66. The molecule has 0 saturated carbocycles. The molecule has 2 atom stereocenters. The van der Waals surface area contributed by atoms with Crippen LogP contribution in [0.4, 0.5) is 0 Å². The smallest absolute Gasteiger partial charge is 0.109 e. The van der Waals surface area contributed by atoms with Crippen molar-refractivity contribution in [1.82, 2.24) is 0 Å². The minimum atomic E-state index is 0.340. The summed E-state index contributed by atoms with van der Waals surface area (Å²) in [4.78, 5) is 0. The highest BCUT2D eigenvalue weighted by atomic mass is 79.9. The molecule has 0 bridgehead atoms. The van der Waals surface area contributed by atoms with Crippen LogP contribution in [0.2, 0.25) is 0 Å².